The second-order valence-corrected chi connectivity index (χ2v) is 11.1. The molecule has 0 unspecified atom stereocenters. The molecule has 0 spiro atoms. The maximum absolute atomic E-state index is 13.4. The van der Waals surface area contributed by atoms with Crippen molar-refractivity contribution in [3.05, 3.63) is 98.7 Å². The molecule has 0 aliphatic carbocycles. The van der Waals surface area contributed by atoms with Crippen LogP contribution in [0.3, 0.4) is 0 Å². The molecule has 1 aliphatic heterocycles. The van der Waals surface area contributed by atoms with Crippen molar-refractivity contribution in [3.63, 3.8) is 0 Å². The van der Waals surface area contributed by atoms with Gasteiger partial charge in [-0.15, -0.1) is 0 Å². The van der Waals surface area contributed by atoms with Crippen LogP contribution in [-0.4, -0.2) is 35.2 Å². The summed E-state index contributed by atoms with van der Waals surface area (Å²) in [6, 6.07) is 17.7. The Labute approximate surface area is 242 Å². The first-order valence-electron chi connectivity index (χ1n) is 12.7. The summed E-state index contributed by atoms with van der Waals surface area (Å²) >= 11 is 12.7. The molecular formula is C31H27Cl2N3O4. The van der Waals surface area contributed by atoms with Gasteiger partial charge in [-0.05, 0) is 69.2 Å². The molecule has 1 aromatic heterocycles. The van der Waals surface area contributed by atoms with Gasteiger partial charge in [0, 0.05) is 22.4 Å². The van der Waals surface area contributed by atoms with Crippen LogP contribution in [0.5, 0.6) is 5.75 Å². The number of ketones is 1. The number of aryl methyl sites for hydroxylation is 1. The molecule has 0 bridgehead atoms. The molecule has 3 aromatic carbocycles. The minimum atomic E-state index is -0.464. The van der Waals surface area contributed by atoms with Crippen molar-refractivity contribution in [1.82, 2.24) is 5.16 Å². The van der Waals surface area contributed by atoms with Gasteiger partial charge in [-0.2, -0.15) is 0 Å². The van der Waals surface area contributed by atoms with Crippen LogP contribution >= 0.6 is 23.2 Å². The highest BCUT2D eigenvalue weighted by Gasteiger charge is 2.29. The van der Waals surface area contributed by atoms with E-state index in [0.717, 1.165) is 17.5 Å². The van der Waals surface area contributed by atoms with Crippen LogP contribution < -0.4 is 10.1 Å². The van der Waals surface area contributed by atoms with E-state index in [-0.39, 0.29) is 29.0 Å². The summed E-state index contributed by atoms with van der Waals surface area (Å²) in [5, 5.41) is 7.58. The number of ether oxygens (including phenoxy) is 1. The van der Waals surface area contributed by atoms with Crippen molar-refractivity contribution < 1.29 is 18.8 Å². The summed E-state index contributed by atoms with van der Waals surface area (Å²) in [7, 11) is 1.61. The lowest BCUT2D eigenvalue weighted by Gasteiger charge is -2.29. The Balaban J connectivity index is 1.40. The van der Waals surface area contributed by atoms with E-state index in [1.807, 2.05) is 18.2 Å². The van der Waals surface area contributed by atoms with E-state index in [0.29, 0.717) is 44.1 Å². The Morgan fingerprint density at radius 2 is 1.77 bits per heavy atom. The van der Waals surface area contributed by atoms with Gasteiger partial charge >= 0.3 is 0 Å². The van der Waals surface area contributed by atoms with Gasteiger partial charge in [-0.25, -0.2) is 0 Å². The average Bonchev–Trinajstić information content (AvgIpc) is 3.28. The number of amides is 1. The zero-order valence-electron chi connectivity index (χ0n) is 22.5. The number of anilines is 1. The molecule has 0 atom stereocenters. The minimum Gasteiger partial charge on any atom is -0.497 e. The number of hydrogen-bond donors (Lipinski definition) is 1. The van der Waals surface area contributed by atoms with Gasteiger partial charge in [-0.3, -0.25) is 14.6 Å². The highest BCUT2D eigenvalue weighted by molar-refractivity contribution is 6.39. The van der Waals surface area contributed by atoms with Gasteiger partial charge < -0.3 is 14.6 Å². The first-order chi connectivity index (χ1) is 19.1. The first kappa shape index (κ1) is 27.6. The Bertz CT molecular complexity index is 1650. The zero-order chi connectivity index (χ0) is 28.6. The van der Waals surface area contributed by atoms with E-state index < -0.39 is 5.91 Å². The number of carbonyl (C=O) groups is 2. The number of carbonyl (C=O) groups excluding carboxylic acids is 2. The second-order valence-electron chi connectivity index (χ2n) is 10.3. The summed E-state index contributed by atoms with van der Waals surface area (Å²) in [6.07, 6.45) is 0.885. The lowest BCUT2D eigenvalue weighted by Crippen LogP contribution is -2.30. The van der Waals surface area contributed by atoms with Gasteiger partial charge in [0.1, 0.15) is 22.8 Å². The number of aliphatic imine (C=N–C) groups is 1. The van der Waals surface area contributed by atoms with E-state index in [1.54, 1.807) is 56.5 Å². The fourth-order valence-electron chi connectivity index (χ4n) is 4.92. The van der Waals surface area contributed by atoms with E-state index >= 15 is 0 Å². The largest absolute Gasteiger partial charge is 0.497 e. The summed E-state index contributed by atoms with van der Waals surface area (Å²) in [6.45, 7) is 5.74. The number of Topliss-reactive ketones (excluding diaryl/α,β-unsaturated/α-hetero) is 1. The molecular weight excluding hydrogens is 549 g/mol. The smallest absolute Gasteiger partial charge is 0.261 e. The van der Waals surface area contributed by atoms with Gasteiger partial charge in [-0.1, -0.05) is 52.6 Å². The van der Waals surface area contributed by atoms with Crippen LogP contribution in [0.2, 0.25) is 10.0 Å². The Hall–Kier alpha value is -3.94. The molecule has 0 radical (unpaired) electrons. The van der Waals surface area contributed by atoms with E-state index in [2.05, 4.69) is 24.3 Å². The molecule has 2 heterocycles. The third kappa shape index (κ3) is 5.53. The van der Waals surface area contributed by atoms with Crippen molar-refractivity contribution in [2.45, 2.75) is 39.2 Å². The number of rotatable bonds is 7. The quantitative estimate of drug-likeness (QED) is 0.229. The normalized spacial score (nSPS) is 13.8. The van der Waals surface area contributed by atoms with Crippen LogP contribution in [0.25, 0.3) is 11.3 Å². The van der Waals surface area contributed by atoms with E-state index in [1.165, 1.54) is 0 Å². The van der Waals surface area contributed by atoms with Gasteiger partial charge in [0.15, 0.2) is 5.78 Å². The van der Waals surface area contributed by atoms with Gasteiger partial charge in [0.2, 0.25) is 0 Å². The maximum Gasteiger partial charge on any atom is 0.261 e. The van der Waals surface area contributed by atoms with Crippen molar-refractivity contribution in [2.24, 2.45) is 4.99 Å². The Morgan fingerprint density at radius 3 is 2.50 bits per heavy atom. The zero-order valence-corrected chi connectivity index (χ0v) is 24.0. The number of nitrogens with one attached hydrogen (secondary N) is 1. The highest BCUT2D eigenvalue weighted by Crippen LogP contribution is 2.37. The average molecular weight is 576 g/mol. The Morgan fingerprint density at radius 1 is 1.05 bits per heavy atom. The number of methoxy groups -OCH3 is 1. The van der Waals surface area contributed by atoms with Crippen molar-refractivity contribution in [2.75, 3.05) is 12.4 Å². The lowest BCUT2D eigenvalue weighted by molar-refractivity contribution is 0.0996. The van der Waals surface area contributed by atoms with E-state index in [4.69, 9.17) is 37.5 Å². The molecule has 5 rings (SSSR count). The summed E-state index contributed by atoms with van der Waals surface area (Å²) in [5.41, 5.74) is 4.18. The van der Waals surface area contributed by atoms with Crippen molar-refractivity contribution >= 4 is 46.3 Å². The Kier molecular flexibility index (Phi) is 7.53. The lowest BCUT2D eigenvalue weighted by atomic mass is 9.85. The third-order valence-electron chi connectivity index (χ3n) is 6.75. The number of aromatic nitrogens is 1. The van der Waals surface area contributed by atoms with Crippen molar-refractivity contribution in [1.29, 1.82) is 0 Å². The summed E-state index contributed by atoms with van der Waals surface area (Å²) in [5.74, 6) is 0.437. The van der Waals surface area contributed by atoms with Crippen LogP contribution in [0.4, 0.5) is 5.69 Å². The predicted molar refractivity (Wildman–Crippen MR) is 157 cm³/mol. The maximum atomic E-state index is 13.4. The number of hydrogen-bond acceptors (Lipinski definition) is 6. The second kappa shape index (κ2) is 10.9. The van der Waals surface area contributed by atoms with E-state index in [9.17, 15) is 9.59 Å². The van der Waals surface area contributed by atoms with Crippen LogP contribution in [0.1, 0.15) is 57.9 Å². The molecule has 0 fully saturated rings. The fraction of sp³-hybridized carbons (Fsp3) is 0.226. The molecule has 7 nitrogen and oxygen atoms in total. The van der Waals surface area contributed by atoms with Crippen LogP contribution in [0, 0.1) is 6.92 Å². The van der Waals surface area contributed by atoms with Crippen LogP contribution in [0.15, 0.2) is 70.2 Å². The molecule has 1 N–H and O–H groups in total. The molecule has 1 amide bonds. The molecule has 1 aliphatic rings. The summed E-state index contributed by atoms with van der Waals surface area (Å²) in [4.78, 5) is 31.7. The monoisotopic (exact) mass is 575 g/mol. The number of halogens is 2. The number of benzene rings is 3. The minimum absolute atomic E-state index is 0.112. The predicted octanol–water partition coefficient (Wildman–Crippen LogP) is 7.61. The topological polar surface area (TPSA) is 93.8 Å². The van der Waals surface area contributed by atoms with Crippen molar-refractivity contribution in [3.8, 4) is 17.0 Å². The molecule has 204 valence electrons. The molecule has 0 saturated carbocycles. The van der Waals surface area contributed by atoms with Crippen LogP contribution in [-0.2, 0) is 6.42 Å². The van der Waals surface area contributed by atoms with Gasteiger partial charge in [0.25, 0.3) is 5.91 Å². The molecule has 4 aromatic rings. The number of fused-ring (bicyclic) bond motifs is 1. The standard InChI is InChI=1S/C31H27Cl2N3O4/c1-17-27(29(36-40-17)28-23(32)9-6-10-24(28)33)30(38)34-20-8-5-7-18(13-20)26(37)15-25-22-14-21(39-4)12-11-19(22)16-31(2,3)35-25/h5-14H,15-16H2,1-4H3,(H,34,38). The SMILES string of the molecule is COc1ccc2c(c1)C(CC(=O)c1cccc(NC(=O)c3c(-c4c(Cl)cccc4Cl)noc3C)c1)=NC(C)(C)C2. The molecule has 40 heavy (non-hydrogen) atoms. The highest BCUT2D eigenvalue weighted by atomic mass is 35.5. The fourth-order valence-corrected chi connectivity index (χ4v) is 5.50. The first-order valence-corrected chi connectivity index (χ1v) is 13.4. The summed E-state index contributed by atoms with van der Waals surface area (Å²) < 4.78 is 10.7. The molecule has 0 saturated heterocycles. The van der Waals surface area contributed by atoms with Gasteiger partial charge in [0.05, 0.1) is 34.8 Å². The molecule has 9 heteroatoms. The number of nitrogens with zero attached hydrogens (tertiary/aromatic N) is 2. The third-order valence-corrected chi connectivity index (χ3v) is 7.38.